The van der Waals surface area contributed by atoms with Crippen molar-refractivity contribution in [3.05, 3.63) is 61.4 Å². The lowest BCUT2D eigenvalue weighted by molar-refractivity contribution is -0.384. The fourth-order valence-electron chi connectivity index (χ4n) is 4.98. The topological polar surface area (TPSA) is 169 Å². The van der Waals surface area contributed by atoms with Crippen LogP contribution < -0.4 is 10.3 Å². The van der Waals surface area contributed by atoms with Crippen molar-refractivity contribution in [2.45, 2.75) is 45.9 Å². The van der Waals surface area contributed by atoms with Gasteiger partial charge >= 0.3 is 19.3 Å². The molecule has 13 nitrogen and oxygen atoms in total. The van der Waals surface area contributed by atoms with Crippen LogP contribution in [0.3, 0.4) is 0 Å². The number of hydrogen-bond acceptors (Lipinski definition) is 11. The van der Waals surface area contributed by atoms with E-state index in [1.54, 1.807) is 32.9 Å². The van der Waals surface area contributed by atoms with Gasteiger partial charge in [-0.2, -0.15) is 0 Å². The summed E-state index contributed by atoms with van der Waals surface area (Å²) < 4.78 is 35.3. The molecule has 0 aliphatic carbocycles. The van der Waals surface area contributed by atoms with Crippen LogP contribution in [0.4, 0.5) is 5.69 Å². The molecule has 2 aromatic heterocycles. The number of carbonyl (C=O) groups excluding carboxylic acids is 1. The number of nitrogens with zero attached hydrogens (tertiary/aromatic N) is 3. The molecule has 206 valence electrons. The molecular weight excluding hydrogens is 533 g/mol. The summed E-state index contributed by atoms with van der Waals surface area (Å²) in [5.74, 6) is -0.964. The fraction of sp³-hybridized carbons (Fsp3) is 0.400. The Kier molecular flexibility index (Phi) is 6.79. The van der Waals surface area contributed by atoms with E-state index in [1.165, 1.54) is 16.7 Å². The molecule has 4 heterocycles. The van der Waals surface area contributed by atoms with Gasteiger partial charge in [0.25, 0.3) is 5.56 Å². The van der Waals surface area contributed by atoms with E-state index in [2.05, 4.69) is 4.98 Å². The van der Waals surface area contributed by atoms with Crippen LogP contribution in [0.2, 0.25) is 0 Å². The minimum absolute atomic E-state index is 0.00816. The summed E-state index contributed by atoms with van der Waals surface area (Å²) in [5, 5.41) is 23.3. The molecule has 1 N–H and O–H groups in total. The molecule has 0 unspecified atom stereocenters. The molecule has 39 heavy (non-hydrogen) atoms. The molecule has 2 aliphatic heterocycles. The Bertz CT molecular complexity index is 1620. The molecule has 0 radical (unpaired) electrons. The monoisotopic (exact) mass is 559 g/mol. The summed E-state index contributed by atoms with van der Waals surface area (Å²) in [6.07, 6.45) is -0.513. The third kappa shape index (κ3) is 4.31. The van der Waals surface area contributed by atoms with E-state index in [4.69, 9.17) is 18.5 Å². The number of cyclic esters (lactones) is 1. The maximum Gasteiger partial charge on any atom is 0.367 e. The number of ether oxygens (including phenoxy) is 2. The first-order valence-electron chi connectivity index (χ1n) is 12.4. The molecule has 14 heteroatoms. The number of nitro groups is 1. The lowest BCUT2D eigenvalue weighted by atomic mass is 9.86. The minimum atomic E-state index is -3.64. The summed E-state index contributed by atoms with van der Waals surface area (Å²) in [6.45, 7) is 4.92. The van der Waals surface area contributed by atoms with Gasteiger partial charge in [0.05, 0.1) is 52.5 Å². The van der Waals surface area contributed by atoms with Crippen molar-refractivity contribution in [2.24, 2.45) is 0 Å². The first-order chi connectivity index (χ1) is 18.6. The zero-order valence-electron chi connectivity index (χ0n) is 21.5. The second kappa shape index (κ2) is 9.83. The minimum Gasteiger partial charge on any atom is -0.474 e. The summed E-state index contributed by atoms with van der Waals surface area (Å²) in [4.78, 5) is 41.8. The predicted octanol–water partition coefficient (Wildman–Crippen LogP) is 3.59. The predicted molar refractivity (Wildman–Crippen MR) is 138 cm³/mol. The molecule has 3 aromatic rings. The van der Waals surface area contributed by atoms with Crippen LogP contribution in [0.5, 0.6) is 5.75 Å². The van der Waals surface area contributed by atoms with Crippen molar-refractivity contribution in [1.82, 2.24) is 9.55 Å². The van der Waals surface area contributed by atoms with E-state index in [1.807, 2.05) is 0 Å². The average molecular weight is 559 g/mol. The summed E-state index contributed by atoms with van der Waals surface area (Å²) in [7, 11) is -3.64. The molecule has 0 spiro atoms. The summed E-state index contributed by atoms with van der Waals surface area (Å²) in [6, 6.07) is 5.99. The van der Waals surface area contributed by atoms with Crippen LogP contribution in [-0.4, -0.2) is 45.1 Å². The number of fused-ring (bicyclic) bond motifs is 5. The van der Waals surface area contributed by atoms with Gasteiger partial charge in [0.1, 0.15) is 6.61 Å². The Hall–Kier alpha value is -3.64. The van der Waals surface area contributed by atoms with Crippen LogP contribution in [0.15, 0.2) is 29.1 Å². The standard InChI is InChI=1S/C25H26N3O10P/c1-4-25(31)17-10-19-21-14(11-27(19)23(29)16(17)12-35-24(25)30)9-15-18(26-21)7-8-20(22(15)28(32)33)36-13-39(34,37-5-2)38-6-3/h7-10,31H,4-6,11-13H2,1-3H3/t25-/m0/s1. The molecular formula is C25H26N3O10P. The number of benzene rings is 1. The molecule has 5 rings (SSSR count). The van der Waals surface area contributed by atoms with Gasteiger partial charge < -0.3 is 28.2 Å². The molecule has 2 aliphatic rings. The number of nitro benzene ring substituents is 1. The normalized spacial score (nSPS) is 17.9. The first-order valence-corrected chi connectivity index (χ1v) is 14.1. The second-order valence-corrected chi connectivity index (χ2v) is 11.1. The number of aromatic nitrogens is 2. The van der Waals surface area contributed by atoms with Crippen LogP contribution in [0.1, 0.15) is 43.9 Å². The maximum atomic E-state index is 13.3. The number of aliphatic hydroxyl groups is 1. The van der Waals surface area contributed by atoms with E-state index in [9.17, 15) is 29.4 Å². The average Bonchev–Trinajstić information content (AvgIpc) is 3.26. The zero-order chi connectivity index (χ0) is 28.1. The van der Waals surface area contributed by atoms with Crippen molar-refractivity contribution < 1.29 is 37.9 Å². The molecule has 1 atom stereocenters. The number of hydrogen-bond donors (Lipinski definition) is 1. The van der Waals surface area contributed by atoms with Crippen LogP contribution in [0.25, 0.3) is 22.3 Å². The number of rotatable bonds is 9. The first kappa shape index (κ1) is 26.9. The second-order valence-electron chi connectivity index (χ2n) is 9.06. The number of esters is 1. The van der Waals surface area contributed by atoms with Crippen LogP contribution in [-0.2, 0) is 41.9 Å². The lowest BCUT2D eigenvalue weighted by Gasteiger charge is -2.31. The molecule has 0 amide bonds. The molecule has 0 bridgehead atoms. The van der Waals surface area contributed by atoms with Gasteiger partial charge in [-0.3, -0.25) is 19.5 Å². The number of pyridine rings is 2. The van der Waals surface area contributed by atoms with E-state index < -0.39 is 36.0 Å². The maximum absolute atomic E-state index is 13.3. The van der Waals surface area contributed by atoms with Gasteiger partial charge in [0.2, 0.25) is 0 Å². The summed E-state index contributed by atoms with van der Waals surface area (Å²) >= 11 is 0. The van der Waals surface area contributed by atoms with E-state index in [0.717, 1.165) is 0 Å². The van der Waals surface area contributed by atoms with Gasteiger partial charge in [-0.1, -0.05) is 6.92 Å². The van der Waals surface area contributed by atoms with E-state index >= 15 is 0 Å². The SMILES string of the molecule is CCOP(=O)(COc1ccc2nc3c(cc2c1[N+](=O)[O-])Cn1c-3cc2c(c1=O)COC(=O)[C@]2(O)CC)OCC. The van der Waals surface area contributed by atoms with Crippen molar-refractivity contribution in [1.29, 1.82) is 0 Å². The third-order valence-electron chi connectivity index (χ3n) is 6.84. The Labute approximate surface area is 222 Å². The van der Waals surface area contributed by atoms with Crippen molar-refractivity contribution in [3.8, 4) is 17.1 Å². The van der Waals surface area contributed by atoms with Crippen molar-refractivity contribution >= 4 is 30.2 Å². The zero-order valence-corrected chi connectivity index (χ0v) is 22.4. The van der Waals surface area contributed by atoms with Gasteiger partial charge in [-0.15, -0.1) is 0 Å². The largest absolute Gasteiger partial charge is 0.474 e. The van der Waals surface area contributed by atoms with Crippen molar-refractivity contribution in [2.75, 3.05) is 19.6 Å². The Balaban J connectivity index is 1.61. The smallest absolute Gasteiger partial charge is 0.367 e. The van der Waals surface area contributed by atoms with E-state index in [0.29, 0.717) is 17.0 Å². The highest BCUT2D eigenvalue weighted by Gasteiger charge is 2.45. The highest BCUT2D eigenvalue weighted by molar-refractivity contribution is 7.53. The Morgan fingerprint density at radius 3 is 2.56 bits per heavy atom. The van der Waals surface area contributed by atoms with E-state index in [-0.39, 0.29) is 66.3 Å². The fourth-order valence-corrected chi connectivity index (χ4v) is 6.28. The molecule has 0 fully saturated rings. The molecule has 0 saturated heterocycles. The Morgan fingerprint density at radius 1 is 1.21 bits per heavy atom. The van der Waals surface area contributed by atoms with Crippen LogP contribution >= 0.6 is 7.60 Å². The van der Waals surface area contributed by atoms with Gasteiger partial charge in [-0.05, 0) is 44.5 Å². The quantitative estimate of drug-likeness (QED) is 0.138. The molecule has 1 aromatic carbocycles. The summed E-state index contributed by atoms with van der Waals surface area (Å²) in [5.41, 5.74) is -0.859. The highest BCUT2D eigenvalue weighted by atomic mass is 31.2. The Morgan fingerprint density at radius 2 is 1.92 bits per heavy atom. The van der Waals surface area contributed by atoms with Gasteiger partial charge in [0, 0.05) is 11.1 Å². The lowest BCUT2D eigenvalue weighted by Crippen LogP contribution is -2.44. The van der Waals surface area contributed by atoms with Crippen LogP contribution in [0, 0.1) is 10.1 Å². The third-order valence-corrected chi connectivity index (χ3v) is 8.59. The van der Waals surface area contributed by atoms with Crippen molar-refractivity contribution in [3.63, 3.8) is 0 Å². The van der Waals surface area contributed by atoms with Gasteiger partial charge in [0.15, 0.2) is 17.7 Å². The highest BCUT2D eigenvalue weighted by Crippen LogP contribution is 2.49. The number of carbonyl (C=O) groups is 1. The molecule has 0 saturated carbocycles. The van der Waals surface area contributed by atoms with Gasteiger partial charge in [-0.25, -0.2) is 9.78 Å².